The van der Waals surface area contributed by atoms with Gasteiger partial charge in [0.25, 0.3) is 0 Å². The van der Waals surface area contributed by atoms with Crippen LogP contribution in [0.25, 0.3) is 0 Å². The summed E-state index contributed by atoms with van der Waals surface area (Å²) in [6.45, 7) is 17.0. The van der Waals surface area contributed by atoms with Gasteiger partial charge in [-0.15, -0.1) is 0 Å². The van der Waals surface area contributed by atoms with E-state index in [1.54, 1.807) is 6.92 Å². The molecule has 0 heterocycles. The fourth-order valence-electron chi connectivity index (χ4n) is 3.16. The molecule has 0 unspecified atom stereocenters. The SMILES string of the molecule is C=C(C)C(=O)OCCOCCOCCOCCOCCOCCOCCOCCOCCOCCCCCCCC. The summed E-state index contributed by atoms with van der Waals surface area (Å²) in [5.74, 6) is -0.408. The molecule has 0 N–H and O–H groups in total. The zero-order chi connectivity index (χ0) is 29.9. The third-order valence-electron chi connectivity index (χ3n) is 5.43. The highest BCUT2D eigenvalue weighted by molar-refractivity contribution is 5.86. The van der Waals surface area contributed by atoms with Crippen LogP contribution in [-0.2, 0) is 52.2 Å². The van der Waals surface area contributed by atoms with Crippen LogP contribution in [0.5, 0.6) is 0 Å². The van der Waals surface area contributed by atoms with Gasteiger partial charge in [0.05, 0.1) is 112 Å². The van der Waals surface area contributed by atoms with Crippen LogP contribution in [0, 0.1) is 0 Å². The molecule has 0 atom stereocenters. The summed E-state index contributed by atoms with van der Waals surface area (Å²) in [6, 6.07) is 0. The second kappa shape index (κ2) is 35.0. The Labute approximate surface area is 248 Å². The zero-order valence-electron chi connectivity index (χ0n) is 25.9. The third kappa shape index (κ3) is 35.0. The van der Waals surface area contributed by atoms with E-state index in [1.165, 1.54) is 32.1 Å². The van der Waals surface area contributed by atoms with Crippen molar-refractivity contribution in [2.75, 3.05) is 126 Å². The molecule has 0 bridgehead atoms. The van der Waals surface area contributed by atoms with Gasteiger partial charge in [0.15, 0.2) is 0 Å². The topological polar surface area (TPSA) is 109 Å². The molecule has 0 fully saturated rings. The summed E-state index contributed by atoms with van der Waals surface area (Å²) in [7, 11) is 0. The highest BCUT2D eigenvalue weighted by atomic mass is 16.6. The zero-order valence-corrected chi connectivity index (χ0v) is 25.9. The Hall–Kier alpha value is -1.15. The lowest BCUT2D eigenvalue weighted by molar-refractivity contribution is -0.140. The third-order valence-corrected chi connectivity index (χ3v) is 5.43. The number of ether oxygens (including phenoxy) is 10. The summed E-state index contributed by atoms with van der Waals surface area (Å²) < 4.78 is 54.0. The van der Waals surface area contributed by atoms with Crippen molar-refractivity contribution >= 4 is 5.97 Å². The summed E-state index contributed by atoms with van der Waals surface area (Å²) in [4.78, 5) is 11.2. The molecular weight excluding hydrogens is 536 g/mol. The van der Waals surface area contributed by atoms with Crippen LogP contribution in [0.2, 0.25) is 0 Å². The standard InChI is InChI=1S/C30H58O11/c1-4-5-6-7-8-9-10-32-11-12-33-13-14-34-15-16-35-17-18-36-19-20-37-21-22-38-23-24-39-25-26-40-27-28-41-30(31)29(2)3/h2,4-28H2,1,3H3. The van der Waals surface area contributed by atoms with Crippen molar-refractivity contribution in [1.82, 2.24) is 0 Å². The van der Waals surface area contributed by atoms with Crippen LogP contribution in [0.15, 0.2) is 12.2 Å². The minimum atomic E-state index is -0.408. The Bertz CT molecular complexity index is 549. The Morgan fingerprint density at radius 2 is 0.683 bits per heavy atom. The van der Waals surface area contributed by atoms with Crippen molar-refractivity contribution < 1.29 is 52.2 Å². The lowest BCUT2D eigenvalue weighted by atomic mass is 10.1. The van der Waals surface area contributed by atoms with Crippen LogP contribution >= 0.6 is 0 Å². The maximum absolute atomic E-state index is 11.2. The lowest BCUT2D eigenvalue weighted by Gasteiger charge is -2.09. The average molecular weight is 595 g/mol. The predicted molar refractivity (Wildman–Crippen MR) is 157 cm³/mol. The van der Waals surface area contributed by atoms with Gasteiger partial charge in [0.1, 0.15) is 6.61 Å². The van der Waals surface area contributed by atoms with Gasteiger partial charge in [-0.05, 0) is 13.3 Å². The first-order chi connectivity index (χ1) is 20.2. The Kier molecular flexibility index (Phi) is 34.1. The molecule has 0 saturated carbocycles. The second-order valence-electron chi connectivity index (χ2n) is 9.20. The summed E-state index contributed by atoms with van der Waals surface area (Å²) >= 11 is 0. The van der Waals surface area contributed by atoms with E-state index in [4.69, 9.17) is 47.4 Å². The number of carbonyl (C=O) groups is 1. The maximum atomic E-state index is 11.2. The molecule has 41 heavy (non-hydrogen) atoms. The molecule has 0 saturated heterocycles. The first-order valence-corrected chi connectivity index (χ1v) is 15.2. The molecule has 0 rings (SSSR count). The van der Waals surface area contributed by atoms with Crippen molar-refractivity contribution in [2.45, 2.75) is 52.4 Å². The molecule has 11 heteroatoms. The molecule has 0 spiro atoms. The summed E-state index contributed by atoms with van der Waals surface area (Å²) in [5, 5.41) is 0. The van der Waals surface area contributed by atoms with Gasteiger partial charge in [-0.25, -0.2) is 4.79 Å². The highest BCUT2D eigenvalue weighted by Crippen LogP contribution is 2.04. The van der Waals surface area contributed by atoms with Crippen LogP contribution < -0.4 is 0 Å². The van der Waals surface area contributed by atoms with Gasteiger partial charge in [0, 0.05) is 12.2 Å². The Morgan fingerprint density at radius 3 is 1.00 bits per heavy atom. The second-order valence-corrected chi connectivity index (χ2v) is 9.20. The number of hydrogen-bond acceptors (Lipinski definition) is 11. The first kappa shape index (κ1) is 39.8. The largest absolute Gasteiger partial charge is 0.460 e. The molecule has 0 aromatic carbocycles. The number of unbranched alkanes of at least 4 members (excludes halogenated alkanes) is 5. The van der Waals surface area contributed by atoms with Gasteiger partial charge in [-0.1, -0.05) is 45.6 Å². The molecule has 0 radical (unpaired) electrons. The fraction of sp³-hybridized carbons (Fsp3) is 0.900. The molecule has 0 amide bonds. The highest BCUT2D eigenvalue weighted by Gasteiger charge is 2.02. The monoisotopic (exact) mass is 594 g/mol. The van der Waals surface area contributed by atoms with E-state index in [-0.39, 0.29) is 6.61 Å². The van der Waals surface area contributed by atoms with Gasteiger partial charge < -0.3 is 47.4 Å². The van der Waals surface area contributed by atoms with E-state index in [0.717, 1.165) is 13.0 Å². The molecule has 244 valence electrons. The van der Waals surface area contributed by atoms with Crippen LogP contribution in [0.1, 0.15) is 52.4 Å². The van der Waals surface area contributed by atoms with Crippen molar-refractivity contribution in [3.8, 4) is 0 Å². The molecule has 0 aromatic heterocycles. The van der Waals surface area contributed by atoms with Gasteiger partial charge in [-0.2, -0.15) is 0 Å². The minimum absolute atomic E-state index is 0.205. The van der Waals surface area contributed by atoms with Crippen molar-refractivity contribution in [2.24, 2.45) is 0 Å². The van der Waals surface area contributed by atoms with Crippen LogP contribution in [-0.4, -0.2) is 132 Å². The quantitative estimate of drug-likeness (QED) is 0.0610. The Balaban J connectivity index is 3.06. The van der Waals surface area contributed by atoms with E-state index in [0.29, 0.717) is 118 Å². The minimum Gasteiger partial charge on any atom is -0.460 e. The van der Waals surface area contributed by atoms with Crippen LogP contribution in [0.3, 0.4) is 0 Å². The number of carbonyl (C=O) groups excluding carboxylic acids is 1. The van der Waals surface area contributed by atoms with E-state index < -0.39 is 5.97 Å². The number of hydrogen-bond donors (Lipinski definition) is 0. The fourth-order valence-corrected chi connectivity index (χ4v) is 3.16. The maximum Gasteiger partial charge on any atom is 0.333 e. The number of rotatable bonds is 35. The summed E-state index contributed by atoms with van der Waals surface area (Å²) in [5.41, 5.74) is 0.374. The lowest BCUT2D eigenvalue weighted by Crippen LogP contribution is -2.15. The smallest absolute Gasteiger partial charge is 0.333 e. The van der Waals surface area contributed by atoms with Crippen molar-refractivity contribution in [1.29, 1.82) is 0 Å². The van der Waals surface area contributed by atoms with E-state index >= 15 is 0 Å². The molecule has 11 nitrogen and oxygen atoms in total. The summed E-state index contributed by atoms with van der Waals surface area (Å²) in [6.07, 6.45) is 7.67. The van der Waals surface area contributed by atoms with E-state index in [2.05, 4.69) is 13.5 Å². The van der Waals surface area contributed by atoms with Gasteiger partial charge in [-0.3, -0.25) is 0 Å². The normalized spacial score (nSPS) is 11.3. The van der Waals surface area contributed by atoms with Gasteiger partial charge >= 0.3 is 5.97 Å². The average Bonchev–Trinajstić information content (AvgIpc) is 2.97. The molecule has 0 aliphatic carbocycles. The molecule has 0 aromatic rings. The first-order valence-electron chi connectivity index (χ1n) is 15.2. The van der Waals surface area contributed by atoms with E-state index in [9.17, 15) is 4.79 Å². The Morgan fingerprint density at radius 1 is 0.415 bits per heavy atom. The number of esters is 1. The molecule has 0 aliphatic heterocycles. The van der Waals surface area contributed by atoms with Gasteiger partial charge in [0.2, 0.25) is 0 Å². The van der Waals surface area contributed by atoms with E-state index in [1.807, 2.05) is 0 Å². The molecular formula is C30H58O11. The molecule has 0 aliphatic rings. The van der Waals surface area contributed by atoms with Crippen LogP contribution in [0.4, 0.5) is 0 Å². The van der Waals surface area contributed by atoms with Crippen molar-refractivity contribution in [3.63, 3.8) is 0 Å². The van der Waals surface area contributed by atoms with Crippen molar-refractivity contribution in [3.05, 3.63) is 12.2 Å². The predicted octanol–water partition coefficient (Wildman–Crippen LogP) is 3.62.